The van der Waals surface area contributed by atoms with Crippen molar-refractivity contribution in [3.8, 4) is 22.6 Å². The summed E-state index contributed by atoms with van der Waals surface area (Å²) in [6, 6.07) is 7.40. The van der Waals surface area contributed by atoms with Gasteiger partial charge in [0, 0.05) is 23.6 Å². The Morgan fingerprint density at radius 3 is 2.37 bits per heavy atom. The van der Waals surface area contributed by atoms with Crippen LogP contribution in [0.15, 0.2) is 30.3 Å². The number of primary amides is 1. The summed E-state index contributed by atoms with van der Waals surface area (Å²) >= 11 is 0. The van der Waals surface area contributed by atoms with Crippen LogP contribution in [-0.4, -0.2) is 106 Å². The van der Waals surface area contributed by atoms with Crippen molar-refractivity contribution in [2.24, 2.45) is 29.4 Å². The molecule has 2 unspecified atom stereocenters. The van der Waals surface area contributed by atoms with Crippen molar-refractivity contribution in [3.05, 3.63) is 47.0 Å². The molecule has 5 N–H and O–H groups in total. The molecule has 1 saturated heterocycles. The van der Waals surface area contributed by atoms with E-state index in [0.717, 1.165) is 31.5 Å². The molecule has 12 heteroatoms. The van der Waals surface area contributed by atoms with E-state index in [1.165, 1.54) is 19.0 Å². The lowest BCUT2D eigenvalue weighted by Gasteiger charge is -2.56. The highest BCUT2D eigenvalue weighted by atomic mass is 16.5. The Balaban J connectivity index is 1.45. The van der Waals surface area contributed by atoms with E-state index < -0.39 is 76.4 Å². The number of ether oxygens (including phenoxy) is 1. The SMILES string of the molecule is COc1ccc(-c2ccc3c(c2O)C(=O)C2C(=O)[C@]4(O)C(=O)C(C(N)=O)C(=O)[C@@H](N(C)C)[C@@H]4[C@@H](O)[C@@H]2[C@H]3C)cc1CN1CCCC1. The molecule has 2 saturated carbocycles. The van der Waals surface area contributed by atoms with Gasteiger partial charge >= 0.3 is 0 Å². The molecule has 6 rings (SSSR count). The van der Waals surface area contributed by atoms with Gasteiger partial charge in [0.05, 0.1) is 36.7 Å². The van der Waals surface area contributed by atoms with Crippen molar-refractivity contribution in [1.29, 1.82) is 0 Å². The van der Waals surface area contributed by atoms with Gasteiger partial charge in [-0.05, 0) is 69.2 Å². The highest BCUT2D eigenvalue weighted by Gasteiger charge is 2.72. The normalized spacial score (nSPS) is 32.7. The molecule has 2 aromatic carbocycles. The number of ketones is 4. The minimum atomic E-state index is -3.04. The number of phenolic OH excluding ortho intramolecular Hbond substituents is 1. The first-order valence-corrected chi connectivity index (χ1v) is 15.5. The highest BCUT2D eigenvalue weighted by Crippen LogP contribution is 2.55. The number of aliphatic hydroxyl groups is 2. The van der Waals surface area contributed by atoms with Crippen LogP contribution in [0.2, 0.25) is 0 Å². The number of hydrogen-bond acceptors (Lipinski definition) is 11. The summed E-state index contributed by atoms with van der Waals surface area (Å²) in [6.45, 7) is 4.26. The number of aliphatic hydroxyl groups excluding tert-OH is 1. The number of benzene rings is 2. The highest BCUT2D eigenvalue weighted by molar-refractivity contribution is 6.32. The van der Waals surface area contributed by atoms with Gasteiger partial charge in [0.25, 0.3) is 0 Å². The van der Waals surface area contributed by atoms with Crippen LogP contribution in [0.3, 0.4) is 0 Å². The monoisotopic (exact) mass is 633 g/mol. The maximum absolute atomic E-state index is 14.3. The second-order valence-electron chi connectivity index (χ2n) is 13.3. The third-order valence-electron chi connectivity index (χ3n) is 10.7. The number of hydrogen-bond donors (Lipinski definition) is 4. The van der Waals surface area contributed by atoms with Gasteiger partial charge in [-0.3, -0.25) is 33.8 Å². The fourth-order valence-electron chi connectivity index (χ4n) is 8.47. The van der Waals surface area contributed by atoms with Crippen molar-refractivity contribution >= 4 is 29.0 Å². The smallest absolute Gasteiger partial charge is 0.235 e. The summed E-state index contributed by atoms with van der Waals surface area (Å²) in [5, 5.41) is 35.3. The first kappa shape index (κ1) is 32.0. The summed E-state index contributed by atoms with van der Waals surface area (Å²) in [7, 11) is 4.50. The predicted octanol–water partition coefficient (Wildman–Crippen LogP) is 0.670. The Bertz CT molecular complexity index is 1670. The van der Waals surface area contributed by atoms with Crippen molar-refractivity contribution < 1.29 is 44.0 Å². The molecular formula is C34H39N3O9. The summed E-state index contributed by atoms with van der Waals surface area (Å²) in [5.74, 6) is -12.8. The molecule has 0 radical (unpaired) electrons. The predicted molar refractivity (Wildman–Crippen MR) is 164 cm³/mol. The zero-order valence-electron chi connectivity index (χ0n) is 26.2. The van der Waals surface area contributed by atoms with Crippen LogP contribution in [0, 0.1) is 23.7 Å². The summed E-state index contributed by atoms with van der Waals surface area (Å²) in [6.07, 6.45) is 0.547. The molecule has 0 aromatic heterocycles. The van der Waals surface area contributed by atoms with Gasteiger partial charge in [0.2, 0.25) is 5.91 Å². The molecular weight excluding hydrogens is 594 g/mol. The number of carbonyl (C=O) groups excluding carboxylic acids is 5. The van der Waals surface area contributed by atoms with Gasteiger partial charge < -0.3 is 25.8 Å². The van der Waals surface area contributed by atoms with E-state index in [9.17, 15) is 39.3 Å². The number of likely N-dealkylation sites (N-methyl/N-ethyl adjacent to an activating group) is 1. The second kappa shape index (κ2) is 11.4. The molecule has 1 amide bonds. The van der Waals surface area contributed by atoms with Crippen molar-refractivity contribution in [2.75, 3.05) is 34.3 Å². The van der Waals surface area contributed by atoms with Crippen LogP contribution < -0.4 is 10.5 Å². The zero-order chi connectivity index (χ0) is 33.4. The summed E-state index contributed by atoms with van der Waals surface area (Å²) < 4.78 is 5.58. The molecule has 3 aliphatic carbocycles. The number of Topliss-reactive ketones (excluding diaryl/α,β-unsaturated/α-hetero) is 4. The van der Waals surface area contributed by atoms with E-state index in [4.69, 9.17) is 10.5 Å². The Kier molecular flexibility index (Phi) is 7.91. The molecule has 3 fully saturated rings. The number of nitrogens with zero attached hydrogens (tertiary/aromatic N) is 2. The van der Waals surface area contributed by atoms with Crippen LogP contribution in [-0.2, 0) is 25.7 Å². The maximum atomic E-state index is 14.3. The van der Waals surface area contributed by atoms with Gasteiger partial charge in [-0.2, -0.15) is 0 Å². The minimum Gasteiger partial charge on any atom is -0.507 e. The van der Waals surface area contributed by atoms with Crippen LogP contribution in [0.4, 0.5) is 0 Å². The third-order valence-corrected chi connectivity index (χ3v) is 10.7. The Morgan fingerprint density at radius 1 is 1.09 bits per heavy atom. The zero-order valence-corrected chi connectivity index (χ0v) is 26.2. The van der Waals surface area contributed by atoms with Gasteiger partial charge in [0.15, 0.2) is 34.7 Å². The maximum Gasteiger partial charge on any atom is 0.235 e. The van der Waals surface area contributed by atoms with E-state index in [0.29, 0.717) is 29.0 Å². The lowest BCUT2D eigenvalue weighted by molar-refractivity contribution is -0.196. The number of rotatable bonds is 6. The van der Waals surface area contributed by atoms with E-state index in [1.807, 2.05) is 6.07 Å². The molecule has 1 heterocycles. The summed E-state index contributed by atoms with van der Waals surface area (Å²) in [5.41, 5.74) is 4.46. The van der Waals surface area contributed by atoms with Gasteiger partial charge in [-0.1, -0.05) is 25.1 Å². The van der Waals surface area contributed by atoms with E-state index in [-0.39, 0.29) is 11.3 Å². The van der Waals surface area contributed by atoms with Crippen molar-refractivity contribution in [2.45, 2.75) is 50.0 Å². The molecule has 8 atom stereocenters. The number of methoxy groups -OCH3 is 1. The number of nitrogens with two attached hydrogens (primary N) is 1. The van der Waals surface area contributed by atoms with Gasteiger partial charge in [0.1, 0.15) is 11.5 Å². The van der Waals surface area contributed by atoms with Gasteiger partial charge in [-0.25, -0.2) is 0 Å². The molecule has 244 valence electrons. The van der Waals surface area contributed by atoms with Crippen LogP contribution >= 0.6 is 0 Å². The Hall–Kier alpha value is -3.97. The molecule has 4 aliphatic rings. The van der Waals surface area contributed by atoms with E-state index >= 15 is 0 Å². The quantitative estimate of drug-likeness (QED) is 0.328. The number of carbonyl (C=O) groups is 5. The number of likely N-dealkylation sites (tertiary alicyclic amines) is 1. The first-order chi connectivity index (χ1) is 21.7. The molecule has 2 aromatic rings. The van der Waals surface area contributed by atoms with E-state index in [1.54, 1.807) is 38.3 Å². The lowest BCUT2D eigenvalue weighted by Crippen LogP contribution is -2.77. The van der Waals surface area contributed by atoms with Crippen molar-refractivity contribution in [1.82, 2.24) is 9.80 Å². The number of amides is 1. The lowest BCUT2D eigenvalue weighted by atomic mass is 9.49. The third kappa shape index (κ3) is 4.45. The molecule has 1 aliphatic heterocycles. The molecule has 12 nitrogen and oxygen atoms in total. The number of aromatic hydroxyl groups is 1. The van der Waals surface area contributed by atoms with Crippen LogP contribution in [0.25, 0.3) is 11.1 Å². The average Bonchev–Trinajstić information content (AvgIpc) is 3.52. The van der Waals surface area contributed by atoms with Crippen LogP contribution in [0.1, 0.15) is 47.2 Å². The second-order valence-corrected chi connectivity index (χ2v) is 13.3. The fraction of sp³-hybridized carbons (Fsp3) is 0.500. The molecule has 0 spiro atoms. The van der Waals surface area contributed by atoms with E-state index in [2.05, 4.69) is 4.90 Å². The van der Waals surface area contributed by atoms with Crippen LogP contribution in [0.5, 0.6) is 11.5 Å². The van der Waals surface area contributed by atoms with Crippen molar-refractivity contribution in [3.63, 3.8) is 0 Å². The number of phenols is 1. The standard InChI is InChI=1S/C34H39N3O9/c1-15-18-8-9-19(16-7-10-20(46-4)17(13-16)14-37-11-5-6-12-37)27(38)22(18)28(39)23-21(15)29(40)25-26(36(2)3)30(41)24(33(35)44)32(43)34(25,45)31(23)42/h7-10,13,15,21,23-26,29,38,40,45H,5-6,11-12,14H2,1-4H3,(H2,35,44)/t15-,21+,23?,24?,25+,26-,29-,34-/m0/s1. The largest absolute Gasteiger partial charge is 0.507 e. The Morgan fingerprint density at radius 2 is 1.76 bits per heavy atom. The minimum absolute atomic E-state index is 0.138. The fourth-order valence-corrected chi connectivity index (χ4v) is 8.47. The average molecular weight is 634 g/mol. The van der Waals surface area contributed by atoms with Gasteiger partial charge in [-0.15, -0.1) is 0 Å². The molecule has 46 heavy (non-hydrogen) atoms. The Labute approximate surface area is 266 Å². The number of fused-ring (bicyclic) bond motifs is 3. The summed E-state index contributed by atoms with van der Waals surface area (Å²) in [4.78, 5) is 71.3. The molecule has 0 bridgehead atoms. The topological polar surface area (TPSA) is 188 Å². The first-order valence-electron chi connectivity index (χ1n) is 15.5.